The Bertz CT molecular complexity index is 830. The molecular weight excluding hydrogens is 345 g/mol. The van der Waals surface area contributed by atoms with Gasteiger partial charge in [-0.2, -0.15) is 0 Å². The van der Waals surface area contributed by atoms with Crippen molar-refractivity contribution in [3.63, 3.8) is 0 Å². The summed E-state index contributed by atoms with van der Waals surface area (Å²) in [6.07, 6.45) is 1.30. The summed E-state index contributed by atoms with van der Waals surface area (Å²) in [6.45, 7) is 2.19. The third kappa shape index (κ3) is 3.11. The first-order valence-corrected chi connectivity index (χ1v) is 8.40. The number of benzene rings is 1. The molecule has 2 aromatic rings. The molecule has 4 nitrogen and oxygen atoms in total. The first-order valence-electron chi connectivity index (χ1n) is 8.40. The van der Waals surface area contributed by atoms with Crippen molar-refractivity contribution in [2.24, 2.45) is 11.7 Å². The number of rotatable bonds is 5. The van der Waals surface area contributed by atoms with E-state index in [1.165, 1.54) is 26.0 Å². The third-order valence-corrected chi connectivity index (χ3v) is 4.78. The number of aliphatic hydroxyl groups is 2. The zero-order valence-corrected chi connectivity index (χ0v) is 14.6. The van der Waals surface area contributed by atoms with Crippen LogP contribution in [0.1, 0.15) is 37.9 Å². The molecule has 1 atom stereocenters. The van der Waals surface area contributed by atoms with Gasteiger partial charge in [0.2, 0.25) is 0 Å². The first kappa shape index (κ1) is 18.8. The Morgan fingerprint density at radius 1 is 1.08 bits per heavy atom. The lowest BCUT2D eigenvalue weighted by molar-refractivity contribution is 0.0120. The summed E-state index contributed by atoms with van der Waals surface area (Å²) in [5, 5.41) is 21.2. The highest BCUT2D eigenvalue weighted by Crippen LogP contribution is 2.47. The van der Waals surface area contributed by atoms with Crippen molar-refractivity contribution in [1.82, 2.24) is 4.98 Å². The van der Waals surface area contributed by atoms with Crippen LogP contribution in [0.2, 0.25) is 0 Å². The summed E-state index contributed by atoms with van der Waals surface area (Å²) >= 11 is 0. The van der Waals surface area contributed by atoms with Crippen LogP contribution in [0.15, 0.2) is 24.3 Å². The second-order valence-electron chi connectivity index (χ2n) is 7.28. The number of nitrogens with zero attached hydrogens (tertiary/aromatic N) is 1. The van der Waals surface area contributed by atoms with Gasteiger partial charge in [0.25, 0.3) is 0 Å². The monoisotopic (exact) mass is 366 g/mol. The van der Waals surface area contributed by atoms with E-state index < -0.39 is 34.2 Å². The summed E-state index contributed by atoms with van der Waals surface area (Å²) in [6, 6.07) is 4.85. The van der Waals surface area contributed by atoms with Gasteiger partial charge in [0.15, 0.2) is 11.6 Å². The van der Waals surface area contributed by atoms with E-state index in [-0.39, 0.29) is 29.4 Å². The number of hydrogen-bond acceptors (Lipinski definition) is 4. The van der Waals surface area contributed by atoms with Gasteiger partial charge in [-0.3, -0.25) is 0 Å². The van der Waals surface area contributed by atoms with Gasteiger partial charge in [-0.1, -0.05) is 0 Å². The highest BCUT2D eigenvalue weighted by Gasteiger charge is 2.48. The van der Waals surface area contributed by atoms with Crippen LogP contribution in [0, 0.1) is 23.4 Å². The minimum atomic E-state index is -1.86. The molecule has 140 valence electrons. The average Bonchev–Trinajstić information content (AvgIpc) is 3.39. The molecule has 0 unspecified atom stereocenters. The van der Waals surface area contributed by atoms with Gasteiger partial charge in [-0.25, -0.2) is 18.2 Å². The van der Waals surface area contributed by atoms with Crippen molar-refractivity contribution in [2.45, 2.75) is 37.9 Å². The Labute approximate surface area is 149 Å². The van der Waals surface area contributed by atoms with Gasteiger partial charge in [0.05, 0.1) is 11.2 Å². The molecule has 4 N–H and O–H groups in total. The maximum atomic E-state index is 15.1. The lowest BCUT2D eigenvalue weighted by Gasteiger charge is -2.30. The van der Waals surface area contributed by atoms with Crippen molar-refractivity contribution in [3.05, 3.63) is 53.0 Å². The van der Waals surface area contributed by atoms with Gasteiger partial charge in [-0.15, -0.1) is 0 Å². The molecule has 0 aliphatic heterocycles. The second-order valence-corrected chi connectivity index (χ2v) is 7.28. The average molecular weight is 366 g/mol. The molecule has 26 heavy (non-hydrogen) atoms. The van der Waals surface area contributed by atoms with Crippen LogP contribution in [0.4, 0.5) is 13.2 Å². The number of halogens is 3. The quantitative estimate of drug-likeness (QED) is 0.760. The zero-order chi connectivity index (χ0) is 19.3. The molecule has 1 aliphatic rings. The van der Waals surface area contributed by atoms with Crippen LogP contribution >= 0.6 is 0 Å². The molecule has 1 aliphatic carbocycles. The minimum absolute atomic E-state index is 0.200. The second kappa shape index (κ2) is 6.33. The molecule has 1 saturated carbocycles. The Kier molecular flexibility index (Phi) is 4.58. The Morgan fingerprint density at radius 2 is 1.65 bits per heavy atom. The molecule has 0 amide bonds. The molecule has 1 fully saturated rings. The molecule has 3 rings (SSSR count). The standard InChI is InChI=1S/C19H21F3N2O2/c1-18(2,25)13-14(21)16(10-3-7-12(20)8-4-10)24-17(15(13)22)19(26,9-23)11-5-6-11/h3-4,7-8,11,25-26H,5-6,9,23H2,1-2H3/t19-/m0/s1. The topological polar surface area (TPSA) is 79.4 Å². The zero-order valence-electron chi connectivity index (χ0n) is 14.6. The number of nitrogens with two attached hydrogens (primary N) is 1. The SMILES string of the molecule is CC(C)(O)c1c(F)c(-c2ccc(F)cc2)nc([C@](O)(CN)C2CC2)c1F. The summed E-state index contributed by atoms with van der Waals surface area (Å²) < 4.78 is 43.4. The van der Waals surface area contributed by atoms with Crippen LogP contribution < -0.4 is 5.73 Å². The van der Waals surface area contributed by atoms with Crippen LogP contribution in [-0.2, 0) is 11.2 Å². The molecular formula is C19H21F3N2O2. The molecule has 0 spiro atoms. The molecule has 1 aromatic heterocycles. The summed E-state index contributed by atoms with van der Waals surface area (Å²) in [7, 11) is 0. The van der Waals surface area contributed by atoms with E-state index in [1.807, 2.05) is 0 Å². The summed E-state index contributed by atoms with van der Waals surface area (Å²) in [5.74, 6) is -2.97. The lowest BCUT2D eigenvalue weighted by atomic mass is 9.87. The summed E-state index contributed by atoms with van der Waals surface area (Å²) in [5.41, 5.74) is 1.01. The molecule has 7 heteroatoms. The van der Waals surface area contributed by atoms with Crippen LogP contribution in [0.3, 0.4) is 0 Å². The molecule has 0 bridgehead atoms. The maximum Gasteiger partial charge on any atom is 0.158 e. The fourth-order valence-electron chi connectivity index (χ4n) is 3.18. The summed E-state index contributed by atoms with van der Waals surface area (Å²) in [4.78, 5) is 4.04. The Hall–Kier alpha value is -1.96. The number of pyridine rings is 1. The highest BCUT2D eigenvalue weighted by atomic mass is 19.1. The van der Waals surface area contributed by atoms with E-state index in [9.17, 15) is 14.6 Å². The van der Waals surface area contributed by atoms with E-state index in [0.29, 0.717) is 12.8 Å². The predicted molar refractivity (Wildman–Crippen MR) is 90.5 cm³/mol. The van der Waals surface area contributed by atoms with Gasteiger partial charge < -0.3 is 15.9 Å². The first-order chi connectivity index (χ1) is 12.1. The highest BCUT2D eigenvalue weighted by molar-refractivity contribution is 5.62. The van der Waals surface area contributed by atoms with Gasteiger partial charge >= 0.3 is 0 Å². The smallest absolute Gasteiger partial charge is 0.158 e. The van der Waals surface area contributed by atoms with Crippen LogP contribution in [-0.4, -0.2) is 21.7 Å². The van der Waals surface area contributed by atoms with Crippen LogP contribution in [0.5, 0.6) is 0 Å². The number of aromatic nitrogens is 1. The largest absolute Gasteiger partial charge is 0.386 e. The van der Waals surface area contributed by atoms with E-state index >= 15 is 8.78 Å². The Balaban J connectivity index is 2.31. The van der Waals surface area contributed by atoms with Crippen molar-refractivity contribution in [1.29, 1.82) is 0 Å². The van der Waals surface area contributed by atoms with Gasteiger partial charge in [0.1, 0.15) is 22.8 Å². The molecule has 1 aromatic carbocycles. The molecule has 0 radical (unpaired) electrons. The van der Waals surface area contributed by atoms with E-state index in [1.54, 1.807) is 0 Å². The van der Waals surface area contributed by atoms with Gasteiger partial charge in [-0.05, 0) is 56.9 Å². The van der Waals surface area contributed by atoms with E-state index in [4.69, 9.17) is 5.73 Å². The van der Waals surface area contributed by atoms with E-state index in [0.717, 1.165) is 12.1 Å². The van der Waals surface area contributed by atoms with Crippen molar-refractivity contribution in [2.75, 3.05) is 6.54 Å². The predicted octanol–water partition coefficient (Wildman–Crippen LogP) is 2.95. The van der Waals surface area contributed by atoms with Crippen molar-refractivity contribution >= 4 is 0 Å². The van der Waals surface area contributed by atoms with Gasteiger partial charge in [0, 0.05) is 12.1 Å². The molecule has 1 heterocycles. The third-order valence-electron chi connectivity index (χ3n) is 4.78. The van der Waals surface area contributed by atoms with E-state index in [2.05, 4.69) is 4.98 Å². The lowest BCUT2D eigenvalue weighted by Crippen LogP contribution is -2.40. The fourth-order valence-corrected chi connectivity index (χ4v) is 3.18. The maximum absolute atomic E-state index is 15.1. The molecule has 0 saturated heterocycles. The Morgan fingerprint density at radius 3 is 2.12 bits per heavy atom. The normalized spacial score (nSPS) is 17.2. The fraction of sp³-hybridized carbons (Fsp3) is 0.421. The van der Waals surface area contributed by atoms with Crippen molar-refractivity contribution in [3.8, 4) is 11.3 Å². The van der Waals surface area contributed by atoms with Crippen LogP contribution in [0.25, 0.3) is 11.3 Å². The van der Waals surface area contributed by atoms with Crippen molar-refractivity contribution < 1.29 is 23.4 Å². The number of hydrogen-bond donors (Lipinski definition) is 3. The minimum Gasteiger partial charge on any atom is -0.386 e.